The number of hydrogen-bond donors (Lipinski definition) is 0. The molecule has 3 aromatic rings. The largest absolute Gasteiger partial charge is 0.344 e. The van der Waals surface area contributed by atoms with E-state index in [0.29, 0.717) is 16.8 Å². The van der Waals surface area contributed by atoms with Crippen LogP contribution < -0.4 is 5.56 Å². The van der Waals surface area contributed by atoms with Crippen molar-refractivity contribution in [1.29, 1.82) is 0 Å². The van der Waals surface area contributed by atoms with Crippen molar-refractivity contribution >= 4 is 43.4 Å². The first-order valence-corrected chi connectivity index (χ1v) is 10.1. The van der Waals surface area contributed by atoms with Crippen LogP contribution in [0.1, 0.15) is 19.8 Å². The lowest BCUT2D eigenvalue weighted by Crippen LogP contribution is -2.34. The van der Waals surface area contributed by atoms with Gasteiger partial charge in [-0.1, -0.05) is 41.4 Å². The fourth-order valence-corrected chi connectivity index (χ4v) is 3.88. The van der Waals surface area contributed by atoms with Crippen molar-refractivity contribution in [3.05, 3.63) is 50.8 Å². The van der Waals surface area contributed by atoms with Gasteiger partial charge in [0.2, 0.25) is 5.91 Å². The van der Waals surface area contributed by atoms with Gasteiger partial charge in [0.1, 0.15) is 11.4 Å². The Morgan fingerprint density at radius 2 is 2.04 bits per heavy atom. The summed E-state index contributed by atoms with van der Waals surface area (Å²) < 4.78 is 2.39. The van der Waals surface area contributed by atoms with E-state index >= 15 is 0 Å². The van der Waals surface area contributed by atoms with E-state index in [-0.39, 0.29) is 18.0 Å². The van der Waals surface area contributed by atoms with Crippen LogP contribution in [-0.4, -0.2) is 34.0 Å². The number of nitrogens with zero attached hydrogens (tertiary/aromatic N) is 3. The van der Waals surface area contributed by atoms with Crippen molar-refractivity contribution < 1.29 is 4.79 Å². The molecule has 0 aliphatic rings. The van der Waals surface area contributed by atoms with Gasteiger partial charge in [0.15, 0.2) is 0 Å². The number of aromatic nitrogens is 2. The summed E-state index contributed by atoms with van der Waals surface area (Å²) in [5.41, 5.74) is 1.64. The summed E-state index contributed by atoms with van der Waals surface area (Å²) in [5.74, 6) is -0.0814. The first-order chi connectivity index (χ1) is 12.5. The number of likely N-dealkylation sites (N-methyl/N-ethyl adjacent to an activating group) is 1. The van der Waals surface area contributed by atoms with Crippen LogP contribution in [0.3, 0.4) is 0 Å². The summed E-state index contributed by atoms with van der Waals surface area (Å²) in [6.07, 6.45) is 3.45. The average molecular weight is 434 g/mol. The molecule has 0 aliphatic carbocycles. The van der Waals surface area contributed by atoms with E-state index in [4.69, 9.17) is 0 Å². The first-order valence-electron chi connectivity index (χ1n) is 8.47. The number of benzene rings is 1. The van der Waals surface area contributed by atoms with Gasteiger partial charge in [-0.3, -0.25) is 14.2 Å². The van der Waals surface area contributed by atoms with Crippen LogP contribution in [0.2, 0.25) is 0 Å². The fourth-order valence-electron chi connectivity index (χ4n) is 2.71. The Balaban J connectivity index is 1.95. The lowest BCUT2D eigenvalue weighted by Gasteiger charge is -2.17. The molecule has 0 atom stereocenters. The number of amides is 1. The SMILES string of the molecule is CCCCN(C)C(=O)Cn1cnc2scc(-c3ccc(Br)cc3)c2c1=O. The predicted molar refractivity (Wildman–Crippen MR) is 110 cm³/mol. The minimum Gasteiger partial charge on any atom is -0.344 e. The second-order valence-electron chi connectivity index (χ2n) is 6.18. The summed E-state index contributed by atoms with van der Waals surface area (Å²) >= 11 is 4.87. The van der Waals surface area contributed by atoms with Gasteiger partial charge in [-0.15, -0.1) is 11.3 Å². The van der Waals surface area contributed by atoms with Gasteiger partial charge < -0.3 is 4.90 Å². The highest BCUT2D eigenvalue weighted by Gasteiger charge is 2.16. The maximum atomic E-state index is 13.0. The molecular weight excluding hydrogens is 414 g/mol. The Morgan fingerprint density at radius 3 is 2.73 bits per heavy atom. The molecule has 2 aromatic heterocycles. The molecule has 0 aliphatic heterocycles. The highest BCUT2D eigenvalue weighted by atomic mass is 79.9. The number of thiophene rings is 1. The minimum absolute atomic E-state index is 0.0115. The zero-order chi connectivity index (χ0) is 18.7. The van der Waals surface area contributed by atoms with E-state index in [1.54, 1.807) is 11.9 Å². The van der Waals surface area contributed by atoms with E-state index in [2.05, 4.69) is 27.8 Å². The second kappa shape index (κ2) is 8.14. The Morgan fingerprint density at radius 1 is 1.31 bits per heavy atom. The van der Waals surface area contributed by atoms with Gasteiger partial charge in [-0.25, -0.2) is 4.98 Å². The van der Waals surface area contributed by atoms with Crippen LogP contribution in [0.15, 0.2) is 45.2 Å². The third-order valence-corrected chi connectivity index (χ3v) is 5.71. The number of rotatable bonds is 6. The quantitative estimate of drug-likeness (QED) is 0.586. The minimum atomic E-state index is -0.175. The van der Waals surface area contributed by atoms with Crippen LogP contribution in [0.5, 0.6) is 0 Å². The van der Waals surface area contributed by atoms with Crippen molar-refractivity contribution in [3.63, 3.8) is 0 Å². The molecule has 5 nitrogen and oxygen atoms in total. The Labute approximate surface area is 164 Å². The van der Waals surface area contributed by atoms with E-state index in [9.17, 15) is 9.59 Å². The molecule has 7 heteroatoms. The van der Waals surface area contributed by atoms with Crippen molar-refractivity contribution in [3.8, 4) is 11.1 Å². The fraction of sp³-hybridized carbons (Fsp3) is 0.316. The van der Waals surface area contributed by atoms with Gasteiger partial charge in [0.05, 0.1) is 11.7 Å². The molecule has 26 heavy (non-hydrogen) atoms. The van der Waals surface area contributed by atoms with Crippen molar-refractivity contribution in [1.82, 2.24) is 14.5 Å². The number of halogens is 1. The van der Waals surface area contributed by atoms with Crippen LogP contribution in [0, 0.1) is 0 Å². The van der Waals surface area contributed by atoms with Crippen LogP contribution in [0.25, 0.3) is 21.3 Å². The van der Waals surface area contributed by atoms with Gasteiger partial charge >= 0.3 is 0 Å². The summed E-state index contributed by atoms with van der Waals surface area (Å²) in [4.78, 5) is 32.1. The summed E-state index contributed by atoms with van der Waals surface area (Å²) in [7, 11) is 1.77. The normalized spacial score (nSPS) is 11.0. The molecule has 1 aromatic carbocycles. The molecule has 0 unspecified atom stereocenters. The van der Waals surface area contributed by atoms with Crippen LogP contribution in [-0.2, 0) is 11.3 Å². The maximum Gasteiger partial charge on any atom is 0.263 e. The van der Waals surface area contributed by atoms with Crippen molar-refractivity contribution in [2.24, 2.45) is 0 Å². The molecular formula is C19H20BrN3O2S. The molecule has 0 fully saturated rings. The van der Waals surface area contributed by atoms with E-state index in [0.717, 1.165) is 28.4 Å². The van der Waals surface area contributed by atoms with Crippen molar-refractivity contribution in [2.45, 2.75) is 26.3 Å². The Hall–Kier alpha value is -1.99. The lowest BCUT2D eigenvalue weighted by atomic mass is 10.1. The molecule has 0 radical (unpaired) electrons. The topological polar surface area (TPSA) is 55.2 Å². The smallest absolute Gasteiger partial charge is 0.263 e. The average Bonchev–Trinajstić information content (AvgIpc) is 3.07. The number of unbranched alkanes of at least 4 members (excludes halogenated alkanes) is 1. The van der Waals surface area contributed by atoms with E-state index in [1.807, 2.05) is 29.6 Å². The monoisotopic (exact) mass is 433 g/mol. The lowest BCUT2D eigenvalue weighted by molar-refractivity contribution is -0.130. The van der Waals surface area contributed by atoms with Crippen molar-refractivity contribution in [2.75, 3.05) is 13.6 Å². The third-order valence-electron chi connectivity index (χ3n) is 4.29. The molecule has 1 amide bonds. The predicted octanol–water partition coefficient (Wildman–Crippen LogP) is 4.15. The number of carbonyl (C=O) groups excluding carboxylic acids is 1. The highest BCUT2D eigenvalue weighted by molar-refractivity contribution is 9.10. The molecule has 136 valence electrons. The van der Waals surface area contributed by atoms with Gasteiger partial charge in [-0.2, -0.15) is 0 Å². The van der Waals surface area contributed by atoms with Gasteiger partial charge in [0.25, 0.3) is 5.56 Å². The Bertz CT molecular complexity index is 979. The molecule has 0 spiro atoms. The van der Waals surface area contributed by atoms with E-state index in [1.165, 1.54) is 22.2 Å². The number of fused-ring (bicyclic) bond motifs is 1. The second-order valence-corrected chi connectivity index (χ2v) is 7.96. The molecule has 0 N–H and O–H groups in total. The van der Waals surface area contributed by atoms with Crippen LogP contribution in [0.4, 0.5) is 0 Å². The number of hydrogen-bond acceptors (Lipinski definition) is 4. The molecule has 0 saturated heterocycles. The highest BCUT2D eigenvalue weighted by Crippen LogP contribution is 2.31. The molecule has 0 bridgehead atoms. The van der Waals surface area contributed by atoms with Gasteiger partial charge in [0, 0.05) is 29.0 Å². The Kier molecular flexibility index (Phi) is 5.88. The summed E-state index contributed by atoms with van der Waals surface area (Å²) in [5, 5.41) is 2.52. The number of carbonyl (C=O) groups is 1. The maximum absolute atomic E-state index is 13.0. The zero-order valence-electron chi connectivity index (χ0n) is 14.7. The first kappa shape index (κ1) is 18.8. The third kappa shape index (κ3) is 3.88. The molecule has 2 heterocycles. The summed E-state index contributed by atoms with van der Waals surface area (Å²) in [6, 6.07) is 7.82. The summed E-state index contributed by atoms with van der Waals surface area (Å²) in [6.45, 7) is 2.79. The molecule has 0 saturated carbocycles. The van der Waals surface area contributed by atoms with E-state index < -0.39 is 0 Å². The standard InChI is InChI=1S/C19H20BrN3O2S/c1-3-4-9-22(2)16(24)10-23-12-21-18-17(19(23)25)15(11-26-18)13-5-7-14(20)8-6-13/h5-8,11-12H,3-4,9-10H2,1-2H3. The van der Waals surface area contributed by atoms with Crippen LogP contribution >= 0.6 is 27.3 Å². The van der Waals surface area contributed by atoms with Gasteiger partial charge in [-0.05, 0) is 24.1 Å². The molecule has 3 rings (SSSR count). The zero-order valence-corrected chi connectivity index (χ0v) is 17.1.